The van der Waals surface area contributed by atoms with Gasteiger partial charge in [0.05, 0.1) is 6.20 Å². The lowest BCUT2D eigenvalue weighted by atomic mass is 10.0. The highest BCUT2D eigenvalue weighted by Gasteiger charge is 2.34. The number of para-hydroxylation sites is 1. The van der Waals surface area contributed by atoms with E-state index in [4.69, 9.17) is 4.52 Å². The molecule has 3 aromatic carbocycles. The SMILES string of the molecule is O=C(NCc1ccccc1)C(c1ccc(F)cc1)N(C(=O)c1ccno1)c1ccccc1. The molecule has 1 unspecified atom stereocenters. The van der Waals surface area contributed by atoms with Crippen LogP contribution in [0.15, 0.2) is 102 Å². The van der Waals surface area contributed by atoms with Gasteiger partial charge in [0.15, 0.2) is 0 Å². The summed E-state index contributed by atoms with van der Waals surface area (Å²) in [5, 5.41) is 6.50. The third-order valence-corrected chi connectivity index (χ3v) is 4.90. The van der Waals surface area contributed by atoms with Crippen LogP contribution < -0.4 is 10.2 Å². The third-order valence-electron chi connectivity index (χ3n) is 4.90. The minimum Gasteiger partial charge on any atom is -0.351 e. The molecule has 32 heavy (non-hydrogen) atoms. The molecule has 1 N–H and O–H groups in total. The highest BCUT2D eigenvalue weighted by atomic mass is 19.1. The van der Waals surface area contributed by atoms with Gasteiger partial charge in [-0.2, -0.15) is 0 Å². The summed E-state index contributed by atoms with van der Waals surface area (Å²) in [7, 11) is 0. The van der Waals surface area contributed by atoms with Crippen LogP contribution in [0.1, 0.15) is 27.7 Å². The van der Waals surface area contributed by atoms with Crippen molar-refractivity contribution in [2.45, 2.75) is 12.6 Å². The Morgan fingerprint density at radius 1 is 0.906 bits per heavy atom. The molecule has 7 heteroatoms. The van der Waals surface area contributed by atoms with E-state index in [0.717, 1.165) is 5.56 Å². The van der Waals surface area contributed by atoms with Gasteiger partial charge < -0.3 is 9.84 Å². The van der Waals surface area contributed by atoms with Crippen LogP contribution in [0.3, 0.4) is 0 Å². The van der Waals surface area contributed by atoms with E-state index in [9.17, 15) is 14.0 Å². The van der Waals surface area contributed by atoms with Crippen molar-refractivity contribution in [2.24, 2.45) is 0 Å². The van der Waals surface area contributed by atoms with Gasteiger partial charge in [-0.05, 0) is 35.4 Å². The predicted molar refractivity (Wildman–Crippen MR) is 117 cm³/mol. The number of halogens is 1. The summed E-state index contributed by atoms with van der Waals surface area (Å²) in [5.41, 5.74) is 1.85. The van der Waals surface area contributed by atoms with Gasteiger partial charge in [-0.3, -0.25) is 14.5 Å². The van der Waals surface area contributed by atoms with Crippen molar-refractivity contribution in [3.05, 3.63) is 120 Å². The van der Waals surface area contributed by atoms with Crippen molar-refractivity contribution in [2.75, 3.05) is 4.90 Å². The second-order valence-corrected chi connectivity index (χ2v) is 7.04. The molecule has 4 rings (SSSR count). The molecule has 0 aliphatic heterocycles. The first-order valence-corrected chi connectivity index (χ1v) is 10.00. The van der Waals surface area contributed by atoms with Crippen LogP contribution in [0, 0.1) is 5.82 Å². The Hall–Kier alpha value is -4.26. The van der Waals surface area contributed by atoms with E-state index in [1.165, 1.54) is 41.4 Å². The number of hydrogen-bond acceptors (Lipinski definition) is 4. The van der Waals surface area contributed by atoms with Crippen molar-refractivity contribution in [3.63, 3.8) is 0 Å². The lowest BCUT2D eigenvalue weighted by Gasteiger charge is -2.30. The Morgan fingerprint density at radius 3 is 2.19 bits per heavy atom. The number of anilines is 1. The van der Waals surface area contributed by atoms with Gasteiger partial charge in [0, 0.05) is 18.3 Å². The standard InChI is InChI=1S/C25H20FN3O3/c26-20-13-11-19(12-14-20)23(24(30)27-17-18-7-3-1-4-8-18)29(21-9-5-2-6-10-21)25(31)22-15-16-28-32-22/h1-16,23H,17H2,(H,27,30). The molecule has 6 nitrogen and oxygen atoms in total. The van der Waals surface area contributed by atoms with Crippen LogP contribution in [0.4, 0.5) is 10.1 Å². The Labute approximate surface area is 184 Å². The average molecular weight is 429 g/mol. The van der Waals surface area contributed by atoms with Gasteiger partial charge in [-0.15, -0.1) is 0 Å². The van der Waals surface area contributed by atoms with Gasteiger partial charge in [-0.1, -0.05) is 65.8 Å². The van der Waals surface area contributed by atoms with Crippen molar-refractivity contribution >= 4 is 17.5 Å². The summed E-state index contributed by atoms with van der Waals surface area (Å²) < 4.78 is 18.7. The molecule has 0 fully saturated rings. The molecule has 0 radical (unpaired) electrons. The topological polar surface area (TPSA) is 75.4 Å². The fourth-order valence-electron chi connectivity index (χ4n) is 3.36. The van der Waals surface area contributed by atoms with E-state index in [0.29, 0.717) is 11.3 Å². The second-order valence-electron chi connectivity index (χ2n) is 7.04. The Kier molecular flexibility index (Phi) is 6.36. The minimum absolute atomic E-state index is 0.0168. The zero-order chi connectivity index (χ0) is 22.3. The Bertz CT molecular complexity index is 1160. The van der Waals surface area contributed by atoms with Crippen LogP contribution in [-0.4, -0.2) is 17.0 Å². The number of nitrogens with one attached hydrogen (secondary N) is 1. The molecule has 160 valence electrons. The Balaban J connectivity index is 1.75. The first-order chi connectivity index (χ1) is 15.6. The van der Waals surface area contributed by atoms with Gasteiger partial charge in [-0.25, -0.2) is 4.39 Å². The second kappa shape index (κ2) is 9.70. The van der Waals surface area contributed by atoms with Crippen LogP contribution in [0.25, 0.3) is 0 Å². The molecular weight excluding hydrogens is 409 g/mol. The van der Waals surface area contributed by atoms with Crippen molar-refractivity contribution in [3.8, 4) is 0 Å². The van der Waals surface area contributed by atoms with E-state index in [1.54, 1.807) is 24.3 Å². The van der Waals surface area contributed by atoms with E-state index in [1.807, 2.05) is 36.4 Å². The summed E-state index contributed by atoms with van der Waals surface area (Å²) in [5.74, 6) is -1.42. The van der Waals surface area contributed by atoms with E-state index >= 15 is 0 Å². The predicted octanol–water partition coefficient (Wildman–Crippen LogP) is 4.52. The van der Waals surface area contributed by atoms with Crippen molar-refractivity contribution < 1.29 is 18.5 Å². The Morgan fingerprint density at radius 2 is 1.56 bits per heavy atom. The number of benzene rings is 3. The number of carbonyl (C=O) groups excluding carboxylic acids is 2. The van der Waals surface area contributed by atoms with Gasteiger partial charge >= 0.3 is 0 Å². The zero-order valence-corrected chi connectivity index (χ0v) is 17.0. The lowest BCUT2D eigenvalue weighted by molar-refractivity contribution is -0.122. The molecule has 0 aliphatic rings. The smallest absolute Gasteiger partial charge is 0.297 e. The maximum Gasteiger partial charge on any atom is 0.297 e. The van der Waals surface area contributed by atoms with Gasteiger partial charge in [0.2, 0.25) is 11.7 Å². The zero-order valence-electron chi connectivity index (χ0n) is 17.0. The number of hydrogen-bond donors (Lipinski definition) is 1. The molecule has 0 bridgehead atoms. The van der Waals surface area contributed by atoms with Crippen molar-refractivity contribution in [1.82, 2.24) is 10.5 Å². The van der Waals surface area contributed by atoms with Crippen LogP contribution >= 0.6 is 0 Å². The normalized spacial score (nSPS) is 11.5. The number of nitrogens with zero attached hydrogens (tertiary/aromatic N) is 2. The number of rotatable bonds is 7. The fraction of sp³-hybridized carbons (Fsp3) is 0.0800. The molecular formula is C25H20FN3O3. The molecule has 0 spiro atoms. The highest BCUT2D eigenvalue weighted by molar-refractivity contribution is 6.08. The molecule has 1 heterocycles. The van der Waals surface area contributed by atoms with Gasteiger partial charge in [0.1, 0.15) is 11.9 Å². The van der Waals surface area contributed by atoms with Crippen LogP contribution in [0.5, 0.6) is 0 Å². The van der Waals surface area contributed by atoms with E-state index < -0.39 is 23.7 Å². The summed E-state index contributed by atoms with van der Waals surface area (Å²) in [6.07, 6.45) is 1.36. The van der Waals surface area contributed by atoms with Gasteiger partial charge in [0.25, 0.3) is 5.91 Å². The van der Waals surface area contributed by atoms with E-state index in [-0.39, 0.29) is 12.3 Å². The maximum atomic E-state index is 13.6. The average Bonchev–Trinajstić information content (AvgIpc) is 3.38. The molecule has 1 aromatic heterocycles. The largest absolute Gasteiger partial charge is 0.351 e. The summed E-state index contributed by atoms with van der Waals surface area (Å²) in [4.78, 5) is 28.2. The van der Waals surface area contributed by atoms with E-state index in [2.05, 4.69) is 10.5 Å². The first-order valence-electron chi connectivity index (χ1n) is 10.00. The molecule has 1 atom stereocenters. The first kappa shape index (κ1) is 21.0. The molecule has 0 aliphatic carbocycles. The number of amides is 2. The van der Waals surface area contributed by atoms with Crippen LogP contribution in [0.2, 0.25) is 0 Å². The summed E-state index contributed by atoms with van der Waals surface area (Å²) >= 11 is 0. The number of carbonyl (C=O) groups is 2. The maximum absolute atomic E-state index is 13.6. The molecule has 2 amide bonds. The minimum atomic E-state index is -1.07. The quantitative estimate of drug-likeness (QED) is 0.469. The number of aromatic nitrogens is 1. The molecule has 0 saturated carbocycles. The molecule has 0 saturated heterocycles. The summed E-state index contributed by atoms with van der Waals surface area (Å²) in [6.45, 7) is 0.274. The lowest BCUT2D eigenvalue weighted by Crippen LogP contribution is -2.43. The highest BCUT2D eigenvalue weighted by Crippen LogP contribution is 2.30. The van der Waals surface area contributed by atoms with Crippen molar-refractivity contribution in [1.29, 1.82) is 0 Å². The monoisotopic (exact) mass is 429 g/mol. The molecule has 4 aromatic rings. The third kappa shape index (κ3) is 4.73. The fourth-order valence-corrected chi connectivity index (χ4v) is 3.36. The van der Waals surface area contributed by atoms with Crippen LogP contribution in [-0.2, 0) is 11.3 Å². The summed E-state index contributed by atoms with van der Waals surface area (Å²) in [6, 6.07) is 24.1.